The largest absolute Gasteiger partial charge is 0.444 e. The number of carbonyl (C=O) groups is 2. The zero-order valence-electron chi connectivity index (χ0n) is 23.8. The molecule has 4 aromatic rings. The van der Waals surface area contributed by atoms with Crippen molar-refractivity contribution in [1.82, 2.24) is 20.0 Å². The van der Waals surface area contributed by atoms with Gasteiger partial charge in [-0.2, -0.15) is 5.10 Å². The van der Waals surface area contributed by atoms with Gasteiger partial charge in [0.1, 0.15) is 22.6 Å². The second-order valence-electron chi connectivity index (χ2n) is 11.2. The van der Waals surface area contributed by atoms with Crippen LogP contribution in [-0.2, 0) is 17.3 Å². The quantitative estimate of drug-likeness (QED) is 0.261. The topological polar surface area (TPSA) is 101 Å². The summed E-state index contributed by atoms with van der Waals surface area (Å²) in [5, 5.41) is 14.1. The third-order valence-corrected chi connectivity index (χ3v) is 6.98. The number of benzene rings is 3. The van der Waals surface area contributed by atoms with Crippen LogP contribution in [0.5, 0.6) is 0 Å². The van der Waals surface area contributed by atoms with Crippen molar-refractivity contribution in [2.45, 2.75) is 38.0 Å². The molecule has 0 spiro atoms. The van der Waals surface area contributed by atoms with Crippen molar-refractivity contribution in [3.05, 3.63) is 114 Å². The zero-order chi connectivity index (χ0) is 29.0. The minimum Gasteiger partial charge on any atom is -0.444 e. The Bertz CT molecular complexity index is 1380. The van der Waals surface area contributed by atoms with E-state index in [1.165, 1.54) is 0 Å². The first-order valence-corrected chi connectivity index (χ1v) is 13.7. The first-order valence-electron chi connectivity index (χ1n) is 13.7. The number of aryl methyl sites for hydroxylation is 1. The molecule has 212 valence electrons. The highest BCUT2D eigenvalue weighted by Gasteiger charge is 2.38. The maximum absolute atomic E-state index is 13.0. The lowest BCUT2D eigenvalue weighted by atomic mass is 9.77. The third kappa shape index (κ3) is 6.04. The molecular formula is C32H36N6O3. The Labute approximate surface area is 240 Å². The summed E-state index contributed by atoms with van der Waals surface area (Å²) in [4.78, 5) is 26.9. The number of carbonyl (C=O) groups excluding carboxylic acids is 2. The molecule has 9 heteroatoms. The van der Waals surface area contributed by atoms with Gasteiger partial charge < -0.3 is 25.6 Å². The van der Waals surface area contributed by atoms with E-state index in [9.17, 15) is 9.59 Å². The number of amides is 3. The molecule has 1 aromatic heterocycles. The van der Waals surface area contributed by atoms with E-state index in [0.29, 0.717) is 24.6 Å². The fourth-order valence-electron chi connectivity index (χ4n) is 5.03. The lowest BCUT2D eigenvalue weighted by Crippen LogP contribution is -2.62. The molecule has 1 saturated heterocycles. The van der Waals surface area contributed by atoms with Crippen molar-refractivity contribution < 1.29 is 14.3 Å². The summed E-state index contributed by atoms with van der Waals surface area (Å²) < 4.78 is 7.12. The predicted octanol–water partition coefficient (Wildman–Crippen LogP) is 5.56. The Hall–Kier alpha value is -4.79. The van der Waals surface area contributed by atoms with E-state index in [0.717, 1.165) is 16.7 Å². The van der Waals surface area contributed by atoms with E-state index in [1.54, 1.807) is 15.8 Å². The Morgan fingerprint density at radius 1 is 0.829 bits per heavy atom. The summed E-state index contributed by atoms with van der Waals surface area (Å²) in [6, 6.07) is 30.1. The number of nitrogens with zero attached hydrogens (tertiary/aromatic N) is 3. The smallest absolute Gasteiger partial charge is 0.410 e. The van der Waals surface area contributed by atoms with Crippen LogP contribution in [0.4, 0.5) is 21.1 Å². The van der Waals surface area contributed by atoms with Crippen LogP contribution in [0.3, 0.4) is 0 Å². The Morgan fingerprint density at radius 3 is 1.78 bits per heavy atom. The molecular weight excluding hydrogens is 516 g/mol. The number of urea groups is 1. The van der Waals surface area contributed by atoms with Gasteiger partial charge in [0.2, 0.25) is 0 Å². The van der Waals surface area contributed by atoms with E-state index in [4.69, 9.17) is 4.74 Å². The highest BCUT2D eigenvalue weighted by atomic mass is 16.6. The van der Waals surface area contributed by atoms with Crippen LogP contribution in [0.2, 0.25) is 0 Å². The molecule has 0 atom stereocenters. The number of ether oxygens (including phenoxy) is 1. The Kier molecular flexibility index (Phi) is 7.70. The number of rotatable bonds is 7. The van der Waals surface area contributed by atoms with E-state index in [-0.39, 0.29) is 18.2 Å². The number of likely N-dealkylation sites (tertiary alicyclic amines) is 1. The van der Waals surface area contributed by atoms with Gasteiger partial charge in [0, 0.05) is 20.1 Å². The average molecular weight is 553 g/mol. The lowest BCUT2D eigenvalue weighted by molar-refractivity contribution is 0.00649. The van der Waals surface area contributed by atoms with Crippen LogP contribution in [0, 0.1) is 0 Å². The summed E-state index contributed by atoms with van der Waals surface area (Å²) in [6.45, 7) is 6.26. The highest BCUT2D eigenvalue weighted by molar-refractivity contribution is 5.93. The van der Waals surface area contributed by atoms with E-state index < -0.39 is 11.1 Å². The first kappa shape index (κ1) is 27.8. The van der Waals surface area contributed by atoms with E-state index >= 15 is 0 Å². The molecule has 0 unspecified atom stereocenters. The van der Waals surface area contributed by atoms with Gasteiger partial charge in [-0.15, -0.1) is 0 Å². The third-order valence-electron chi connectivity index (χ3n) is 6.98. The number of hydrogen-bond acceptors (Lipinski definition) is 5. The van der Waals surface area contributed by atoms with Crippen LogP contribution < -0.4 is 16.0 Å². The number of hydrogen-bond donors (Lipinski definition) is 3. The van der Waals surface area contributed by atoms with Crippen LogP contribution in [0.25, 0.3) is 0 Å². The predicted molar refractivity (Wildman–Crippen MR) is 160 cm³/mol. The number of anilines is 2. The second-order valence-corrected chi connectivity index (χ2v) is 11.2. The molecule has 9 nitrogen and oxygen atoms in total. The average Bonchev–Trinajstić information content (AvgIpc) is 3.27. The summed E-state index contributed by atoms with van der Waals surface area (Å²) in [5.74, 6) is 0.640. The van der Waals surface area contributed by atoms with Crippen molar-refractivity contribution in [3.8, 4) is 0 Å². The fraction of sp³-hybridized carbons (Fsp3) is 0.281. The van der Waals surface area contributed by atoms with Crippen molar-refractivity contribution in [2.24, 2.45) is 7.05 Å². The molecule has 41 heavy (non-hydrogen) atoms. The van der Waals surface area contributed by atoms with Crippen molar-refractivity contribution >= 4 is 23.6 Å². The maximum atomic E-state index is 13.0. The van der Waals surface area contributed by atoms with Gasteiger partial charge in [-0.3, -0.25) is 4.68 Å². The lowest BCUT2D eigenvalue weighted by Gasteiger charge is -2.40. The Morgan fingerprint density at radius 2 is 1.32 bits per heavy atom. The minimum atomic E-state index is -0.785. The summed E-state index contributed by atoms with van der Waals surface area (Å²) in [5.41, 5.74) is 2.28. The monoisotopic (exact) mass is 552 g/mol. The highest BCUT2D eigenvalue weighted by Crippen LogP contribution is 2.41. The van der Waals surface area contributed by atoms with E-state index in [2.05, 4.69) is 57.4 Å². The second kappa shape index (κ2) is 11.4. The van der Waals surface area contributed by atoms with Crippen molar-refractivity contribution in [2.75, 3.05) is 23.7 Å². The first-order chi connectivity index (χ1) is 19.7. The molecule has 0 bridgehead atoms. The SMILES string of the molecule is Cn1ncc(NC(=O)NC2CN(C(=O)OC(C)(C)C)C2)c1NC(c1ccccc1)(c1ccccc1)c1ccccc1. The molecule has 1 aliphatic heterocycles. The molecule has 2 heterocycles. The zero-order valence-corrected chi connectivity index (χ0v) is 23.8. The minimum absolute atomic E-state index is 0.173. The molecule has 0 radical (unpaired) electrons. The van der Waals surface area contributed by atoms with Crippen LogP contribution in [0.1, 0.15) is 37.5 Å². The molecule has 1 aliphatic rings. The number of nitrogens with one attached hydrogen (secondary N) is 3. The molecule has 3 amide bonds. The van der Waals surface area contributed by atoms with Gasteiger partial charge in [0.05, 0.1) is 12.2 Å². The molecule has 1 fully saturated rings. The summed E-state index contributed by atoms with van der Waals surface area (Å²) in [7, 11) is 1.84. The molecule has 3 N–H and O–H groups in total. The summed E-state index contributed by atoms with van der Waals surface area (Å²) in [6.07, 6.45) is 1.25. The Balaban J connectivity index is 1.40. The molecule has 0 aliphatic carbocycles. The molecule has 0 saturated carbocycles. The van der Waals surface area contributed by atoms with Crippen molar-refractivity contribution in [3.63, 3.8) is 0 Å². The summed E-state index contributed by atoms with van der Waals surface area (Å²) >= 11 is 0. The van der Waals surface area contributed by atoms with Gasteiger partial charge >= 0.3 is 12.1 Å². The van der Waals surface area contributed by atoms with Crippen LogP contribution in [0.15, 0.2) is 97.2 Å². The number of aromatic nitrogens is 2. The molecule has 3 aromatic carbocycles. The van der Waals surface area contributed by atoms with Gasteiger partial charge in [-0.25, -0.2) is 9.59 Å². The molecule has 5 rings (SSSR count). The van der Waals surface area contributed by atoms with Gasteiger partial charge in [-0.1, -0.05) is 91.0 Å². The van der Waals surface area contributed by atoms with Gasteiger partial charge in [0.15, 0.2) is 0 Å². The van der Waals surface area contributed by atoms with Crippen LogP contribution in [-0.4, -0.2) is 51.5 Å². The maximum Gasteiger partial charge on any atom is 0.410 e. The standard InChI is InChI=1S/C32H36N6O3/c1-31(2,3)41-30(40)38-21-26(22-38)34-29(39)35-27-20-33-37(4)28(27)36-32(23-14-8-5-9-15-23,24-16-10-6-11-17-24)25-18-12-7-13-19-25/h5-20,26,36H,21-22H2,1-4H3,(H2,34,35,39). The van der Waals surface area contributed by atoms with Gasteiger partial charge in [-0.05, 0) is 37.5 Å². The fourth-order valence-corrected chi connectivity index (χ4v) is 5.03. The van der Waals surface area contributed by atoms with E-state index in [1.807, 2.05) is 82.4 Å². The normalized spacial score (nSPS) is 13.7. The van der Waals surface area contributed by atoms with Crippen molar-refractivity contribution in [1.29, 1.82) is 0 Å². The van der Waals surface area contributed by atoms with Crippen LogP contribution >= 0.6 is 0 Å². The van der Waals surface area contributed by atoms with Gasteiger partial charge in [0.25, 0.3) is 0 Å².